The molecule has 10 aromatic carbocycles. The van der Waals surface area contributed by atoms with Crippen molar-refractivity contribution < 1.29 is 0 Å². The Bertz CT molecular complexity index is 2780. The van der Waals surface area contributed by atoms with Gasteiger partial charge in [-0.2, -0.15) is 0 Å². The SMILES string of the molecule is c1ccc(-c2ccc(N(c3cccc(-c4ccc5c(ccc6ccccc65)c4)c3)c3cccc(-c4ccc5c(ccc6ccccc65)c4)c3)cc2)cc1. The van der Waals surface area contributed by atoms with E-state index in [1.165, 1.54) is 76.5 Å². The molecule has 0 spiro atoms. The van der Waals surface area contributed by atoms with Gasteiger partial charge in [0.25, 0.3) is 0 Å². The van der Waals surface area contributed by atoms with Crippen molar-refractivity contribution in [2.75, 3.05) is 4.90 Å². The highest BCUT2D eigenvalue weighted by molar-refractivity contribution is 6.09. The predicted molar refractivity (Wildman–Crippen MR) is 227 cm³/mol. The van der Waals surface area contributed by atoms with Gasteiger partial charge in [0, 0.05) is 17.1 Å². The molecule has 0 radical (unpaired) electrons. The summed E-state index contributed by atoms with van der Waals surface area (Å²) in [5, 5.41) is 10.2. The quantitative estimate of drug-likeness (QED) is 0.159. The fourth-order valence-electron chi connectivity index (χ4n) is 7.92. The van der Waals surface area contributed by atoms with Crippen LogP contribution in [0.1, 0.15) is 0 Å². The zero-order chi connectivity index (χ0) is 35.1. The van der Waals surface area contributed by atoms with Gasteiger partial charge >= 0.3 is 0 Å². The predicted octanol–water partition coefficient (Wildman–Crippen LogP) is 14.8. The van der Waals surface area contributed by atoms with Crippen molar-refractivity contribution in [3.8, 4) is 33.4 Å². The number of hydrogen-bond donors (Lipinski definition) is 0. The first-order valence-corrected chi connectivity index (χ1v) is 18.2. The maximum atomic E-state index is 2.38. The zero-order valence-electron chi connectivity index (χ0n) is 29.2. The Morgan fingerprint density at radius 1 is 0.208 bits per heavy atom. The van der Waals surface area contributed by atoms with Crippen LogP contribution in [0.4, 0.5) is 17.1 Å². The second kappa shape index (κ2) is 13.0. The van der Waals surface area contributed by atoms with Gasteiger partial charge in [-0.25, -0.2) is 0 Å². The van der Waals surface area contributed by atoms with E-state index in [4.69, 9.17) is 0 Å². The molecule has 0 saturated heterocycles. The zero-order valence-corrected chi connectivity index (χ0v) is 29.2. The maximum Gasteiger partial charge on any atom is 0.0467 e. The first-order chi connectivity index (χ1) is 26.2. The highest BCUT2D eigenvalue weighted by atomic mass is 15.1. The fraction of sp³-hybridized carbons (Fsp3) is 0. The van der Waals surface area contributed by atoms with E-state index in [0.717, 1.165) is 17.1 Å². The second-order valence-electron chi connectivity index (χ2n) is 13.8. The van der Waals surface area contributed by atoms with Gasteiger partial charge in [0.15, 0.2) is 0 Å². The minimum Gasteiger partial charge on any atom is -0.310 e. The minimum atomic E-state index is 1.11. The fourth-order valence-corrected chi connectivity index (χ4v) is 7.92. The Kier molecular flexibility index (Phi) is 7.55. The molecule has 0 saturated carbocycles. The summed E-state index contributed by atoms with van der Waals surface area (Å²) in [4.78, 5) is 2.38. The summed E-state index contributed by atoms with van der Waals surface area (Å²) >= 11 is 0. The Balaban J connectivity index is 1.08. The number of benzene rings is 10. The number of nitrogens with zero attached hydrogens (tertiary/aromatic N) is 1. The van der Waals surface area contributed by atoms with Crippen molar-refractivity contribution in [1.29, 1.82) is 0 Å². The van der Waals surface area contributed by atoms with Gasteiger partial charge in [-0.1, -0.05) is 164 Å². The molecule has 1 nitrogen and oxygen atoms in total. The summed E-state index contributed by atoms with van der Waals surface area (Å²) in [6.45, 7) is 0. The molecule has 10 aromatic rings. The van der Waals surface area contributed by atoms with Crippen LogP contribution in [-0.2, 0) is 0 Å². The third-order valence-corrected chi connectivity index (χ3v) is 10.6. The normalized spacial score (nSPS) is 11.4. The van der Waals surface area contributed by atoms with E-state index in [0.29, 0.717) is 0 Å². The van der Waals surface area contributed by atoms with Crippen molar-refractivity contribution in [2.24, 2.45) is 0 Å². The molecule has 0 aliphatic carbocycles. The highest BCUT2D eigenvalue weighted by Gasteiger charge is 2.16. The molecule has 10 rings (SSSR count). The lowest BCUT2D eigenvalue weighted by Crippen LogP contribution is -2.10. The van der Waals surface area contributed by atoms with Crippen LogP contribution < -0.4 is 4.90 Å². The first-order valence-electron chi connectivity index (χ1n) is 18.2. The molecular formula is C52H35N. The van der Waals surface area contributed by atoms with E-state index in [-0.39, 0.29) is 0 Å². The number of hydrogen-bond acceptors (Lipinski definition) is 1. The van der Waals surface area contributed by atoms with Gasteiger partial charge < -0.3 is 4.90 Å². The van der Waals surface area contributed by atoms with Crippen molar-refractivity contribution in [3.63, 3.8) is 0 Å². The molecule has 0 fully saturated rings. The Hall–Kier alpha value is -6.96. The van der Waals surface area contributed by atoms with Gasteiger partial charge in [-0.3, -0.25) is 0 Å². The van der Waals surface area contributed by atoms with E-state index < -0.39 is 0 Å². The Morgan fingerprint density at radius 2 is 0.604 bits per heavy atom. The summed E-state index contributed by atoms with van der Waals surface area (Å²) in [6, 6.07) is 77.3. The molecule has 248 valence electrons. The average Bonchev–Trinajstić information content (AvgIpc) is 3.24. The van der Waals surface area contributed by atoms with Gasteiger partial charge in [-0.15, -0.1) is 0 Å². The van der Waals surface area contributed by atoms with Crippen molar-refractivity contribution >= 4 is 60.2 Å². The van der Waals surface area contributed by atoms with Crippen molar-refractivity contribution in [1.82, 2.24) is 0 Å². The molecule has 0 bridgehead atoms. The molecular weight excluding hydrogens is 639 g/mol. The molecule has 0 unspecified atom stereocenters. The van der Waals surface area contributed by atoms with Gasteiger partial charge in [0.1, 0.15) is 0 Å². The summed E-state index contributed by atoms with van der Waals surface area (Å²) in [5.74, 6) is 0. The molecule has 0 heterocycles. The van der Waals surface area contributed by atoms with Crippen molar-refractivity contribution in [2.45, 2.75) is 0 Å². The van der Waals surface area contributed by atoms with Crippen LogP contribution in [0.25, 0.3) is 76.5 Å². The van der Waals surface area contributed by atoms with Crippen LogP contribution in [0, 0.1) is 0 Å². The molecule has 0 amide bonds. The molecule has 53 heavy (non-hydrogen) atoms. The van der Waals surface area contributed by atoms with E-state index in [9.17, 15) is 0 Å². The van der Waals surface area contributed by atoms with Crippen LogP contribution in [0.15, 0.2) is 212 Å². The summed E-state index contributed by atoms with van der Waals surface area (Å²) < 4.78 is 0. The molecule has 0 N–H and O–H groups in total. The van der Waals surface area contributed by atoms with Gasteiger partial charge in [0.05, 0.1) is 0 Å². The van der Waals surface area contributed by atoms with Crippen LogP contribution in [0.5, 0.6) is 0 Å². The molecule has 1 heteroatoms. The summed E-state index contributed by atoms with van der Waals surface area (Å²) in [6.07, 6.45) is 0. The lowest BCUT2D eigenvalue weighted by Gasteiger charge is -2.27. The Labute approximate surface area is 309 Å². The third kappa shape index (κ3) is 5.69. The van der Waals surface area contributed by atoms with E-state index in [1.54, 1.807) is 0 Å². The molecule has 0 aromatic heterocycles. The topological polar surface area (TPSA) is 3.24 Å². The average molecular weight is 674 g/mol. The standard InChI is InChI=1S/C52H35N/c1-2-10-36(11-3-1)37-24-28-46(29-25-37)53(47-16-8-14-40(34-47)42-26-30-51-44(32-42)22-20-38-12-4-6-18-49(38)51)48-17-9-15-41(35-48)43-27-31-52-45(33-43)23-21-39-13-5-7-19-50(39)52/h1-35H. The lowest BCUT2D eigenvalue weighted by molar-refractivity contribution is 1.28. The smallest absolute Gasteiger partial charge is 0.0467 e. The van der Waals surface area contributed by atoms with Crippen LogP contribution in [-0.4, -0.2) is 0 Å². The highest BCUT2D eigenvalue weighted by Crippen LogP contribution is 2.40. The monoisotopic (exact) mass is 673 g/mol. The molecule has 0 aliphatic rings. The van der Waals surface area contributed by atoms with E-state index in [1.807, 2.05) is 0 Å². The molecule has 0 aliphatic heterocycles. The van der Waals surface area contributed by atoms with Crippen LogP contribution in [0.2, 0.25) is 0 Å². The van der Waals surface area contributed by atoms with Crippen molar-refractivity contribution in [3.05, 3.63) is 212 Å². The third-order valence-electron chi connectivity index (χ3n) is 10.6. The number of fused-ring (bicyclic) bond motifs is 6. The maximum absolute atomic E-state index is 2.38. The van der Waals surface area contributed by atoms with E-state index >= 15 is 0 Å². The Morgan fingerprint density at radius 3 is 1.15 bits per heavy atom. The summed E-state index contributed by atoms with van der Waals surface area (Å²) in [7, 11) is 0. The molecule has 0 atom stereocenters. The van der Waals surface area contributed by atoms with Crippen LogP contribution in [0.3, 0.4) is 0 Å². The first kappa shape index (κ1) is 30.8. The van der Waals surface area contributed by atoms with E-state index in [2.05, 4.69) is 217 Å². The lowest BCUT2D eigenvalue weighted by atomic mass is 9.96. The largest absolute Gasteiger partial charge is 0.310 e. The van der Waals surface area contributed by atoms with Crippen LogP contribution >= 0.6 is 0 Å². The second-order valence-corrected chi connectivity index (χ2v) is 13.8. The summed E-state index contributed by atoms with van der Waals surface area (Å²) in [5.41, 5.74) is 10.5. The van der Waals surface area contributed by atoms with Gasteiger partial charge in [0.2, 0.25) is 0 Å². The number of anilines is 3. The van der Waals surface area contributed by atoms with Gasteiger partial charge in [-0.05, 0) is 125 Å². The minimum absolute atomic E-state index is 1.11. The number of rotatable bonds is 6.